The first-order chi connectivity index (χ1) is 14.1. The van der Waals surface area contributed by atoms with Gasteiger partial charge < -0.3 is 10.1 Å². The molecule has 0 radical (unpaired) electrons. The van der Waals surface area contributed by atoms with Gasteiger partial charge in [0, 0.05) is 18.7 Å². The predicted molar refractivity (Wildman–Crippen MR) is 109 cm³/mol. The number of hydrogen-bond donors (Lipinski definition) is 1. The highest BCUT2D eigenvalue weighted by Gasteiger charge is 2.37. The Morgan fingerprint density at radius 1 is 1.07 bits per heavy atom. The van der Waals surface area contributed by atoms with Gasteiger partial charge in [-0.15, -0.1) is 0 Å². The van der Waals surface area contributed by atoms with E-state index in [-0.39, 0.29) is 30.4 Å². The second kappa shape index (κ2) is 8.57. The summed E-state index contributed by atoms with van der Waals surface area (Å²) in [6, 6.07) is 14.9. The first kappa shape index (κ1) is 19.3. The molecular formula is C23H24N2O4. The van der Waals surface area contributed by atoms with Gasteiger partial charge in [0.2, 0.25) is 5.91 Å². The molecule has 1 N–H and O–H groups in total. The topological polar surface area (TPSA) is 75.7 Å². The van der Waals surface area contributed by atoms with Crippen LogP contribution in [0.2, 0.25) is 0 Å². The van der Waals surface area contributed by atoms with Crippen LogP contribution in [0.25, 0.3) is 0 Å². The number of anilines is 1. The van der Waals surface area contributed by atoms with E-state index in [1.807, 2.05) is 30.3 Å². The third-order valence-electron chi connectivity index (χ3n) is 5.38. The number of amides is 3. The molecule has 29 heavy (non-hydrogen) atoms. The molecule has 1 saturated heterocycles. The van der Waals surface area contributed by atoms with Gasteiger partial charge in [-0.2, -0.15) is 0 Å². The van der Waals surface area contributed by atoms with Crippen LogP contribution in [-0.4, -0.2) is 41.9 Å². The lowest BCUT2D eigenvalue weighted by Crippen LogP contribution is -2.36. The van der Waals surface area contributed by atoms with Gasteiger partial charge in [-0.05, 0) is 49.4 Å². The number of fused-ring (bicyclic) bond motifs is 1. The third kappa shape index (κ3) is 4.38. The Hall–Kier alpha value is -2.99. The van der Waals surface area contributed by atoms with Crippen LogP contribution in [0.4, 0.5) is 5.69 Å². The minimum absolute atomic E-state index is 0.0824. The molecule has 2 aromatic carbocycles. The number of aryl methyl sites for hydroxylation is 1. The number of carbonyl (C=O) groups excluding carboxylic acids is 3. The van der Waals surface area contributed by atoms with E-state index in [1.54, 1.807) is 18.2 Å². The molecule has 1 fully saturated rings. The van der Waals surface area contributed by atoms with Crippen molar-refractivity contribution in [3.63, 3.8) is 0 Å². The SMILES string of the molecule is O=C(CCCc1ccccc1)Nc1ccc2c(c1)C(=O)N(CC1CCCO1)C2=O. The van der Waals surface area contributed by atoms with Gasteiger partial charge in [-0.3, -0.25) is 19.3 Å². The first-order valence-corrected chi connectivity index (χ1v) is 10.1. The molecule has 2 aromatic rings. The van der Waals surface area contributed by atoms with Crippen molar-refractivity contribution in [3.8, 4) is 0 Å². The zero-order chi connectivity index (χ0) is 20.2. The van der Waals surface area contributed by atoms with Gasteiger partial charge in [0.25, 0.3) is 11.8 Å². The summed E-state index contributed by atoms with van der Waals surface area (Å²) in [7, 11) is 0. The van der Waals surface area contributed by atoms with Gasteiger partial charge in [0.15, 0.2) is 0 Å². The van der Waals surface area contributed by atoms with Crippen molar-refractivity contribution in [2.45, 2.75) is 38.2 Å². The molecule has 2 aliphatic rings. The summed E-state index contributed by atoms with van der Waals surface area (Å²) in [6.07, 6.45) is 3.70. The molecule has 0 spiro atoms. The standard InChI is InChI=1S/C23H24N2O4/c26-21(10-4-8-16-6-2-1-3-7-16)24-17-11-12-19-20(14-17)23(28)25(22(19)27)15-18-9-5-13-29-18/h1-3,6-7,11-12,14,18H,4-5,8-10,13,15H2,(H,24,26). The maximum absolute atomic E-state index is 12.7. The summed E-state index contributed by atoms with van der Waals surface area (Å²) in [4.78, 5) is 38.8. The number of ether oxygens (including phenoxy) is 1. The lowest BCUT2D eigenvalue weighted by Gasteiger charge is -2.17. The Kier molecular flexibility index (Phi) is 5.71. The maximum Gasteiger partial charge on any atom is 0.261 e. The Morgan fingerprint density at radius 2 is 1.86 bits per heavy atom. The molecule has 3 amide bonds. The highest BCUT2D eigenvalue weighted by Crippen LogP contribution is 2.27. The van der Waals surface area contributed by atoms with Gasteiger partial charge in [-0.25, -0.2) is 0 Å². The normalized spacial score (nSPS) is 18.2. The summed E-state index contributed by atoms with van der Waals surface area (Å²) < 4.78 is 5.55. The fourth-order valence-corrected chi connectivity index (χ4v) is 3.85. The second-order valence-electron chi connectivity index (χ2n) is 7.50. The van der Waals surface area contributed by atoms with Crippen LogP contribution in [0.15, 0.2) is 48.5 Å². The average molecular weight is 392 g/mol. The van der Waals surface area contributed by atoms with E-state index >= 15 is 0 Å². The molecule has 0 saturated carbocycles. The van der Waals surface area contributed by atoms with Crippen molar-refractivity contribution in [2.24, 2.45) is 0 Å². The molecule has 1 unspecified atom stereocenters. The quantitative estimate of drug-likeness (QED) is 0.733. The van der Waals surface area contributed by atoms with Crippen LogP contribution in [0.5, 0.6) is 0 Å². The summed E-state index contributed by atoms with van der Waals surface area (Å²) in [5, 5.41) is 2.84. The number of imide groups is 1. The third-order valence-corrected chi connectivity index (χ3v) is 5.38. The van der Waals surface area contributed by atoms with Crippen LogP contribution in [0.1, 0.15) is 52.0 Å². The van der Waals surface area contributed by atoms with E-state index in [4.69, 9.17) is 4.74 Å². The van der Waals surface area contributed by atoms with Crippen molar-refractivity contribution < 1.29 is 19.1 Å². The number of nitrogens with zero attached hydrogens (tertiary/aromatic N) is 1. The van der Waals surface area contributed by atoms with E-state index in [2.05, 4.69) is 5.32 Å². The molecule has 6 heteroatoms. The van der Waals surface area contributed by atoms with Crippen LogP contribution in [0, 0.1) is 0 Å². The number of rotatable bonds is 7. The molecule has 1 atom stereocenters. The molecule has 6 nitrogen and oxygen atoms in total. The zero-order valence-electron chi connectivity index (χ0n) is 16.2. The van der Waals surface area contributed by atoms with Gasteiger partial charge in [0.1, 0.15) is 0 Å². The maximum atomic E-state index is 12.7. The van der Waals surface area contributed by atoms with Gasteiger partial charge >= 0.3 is 0 Å². The van der Waals surface area contributed by atoms with Crippen molar-refractivity contribution in [3.05, 3.63) is 65.2 Å². The van der Waals surface area contributed by atoms with E-state index in [1.165, 1.54) is 10.5 Å². The van der Waals surface area contributed by atoms with Crippen LogP contribution in [0.3, 0.4) is 0 Å². The average Bonchev–Trinajstić information content (AvgIpc) is 3.32. The Morgan fingerprint density at radius 3 is 2.62 bits per heavy atom. The van der Waals surface area contributed by atoms with E-state index in [0.29, 0.717) is 29.8 Å². The van der Waals surface area contributed by atoms with Crippen LogP contribution >= 0.6 is 0 Å². The number of carbonyl (C=O) groups is 3. The van der Waals surface area contributed by atoms with Crippen molar-refractivity contribution >= 4 is 23.4 Å². The summed E-state index contributed by atoms with van der Waals surface area (Å²) in [5.41, 5.74) is 2.46. The fraction of sp³-hybridized carbons (Fsp3) is 0.348. The van der Waals surface area contributed by atoms with E-state index < -0.39 is 0 Å². The molecule has 150 valence electrons. The van der Waals surface area contributed by atoms with Crippen molar-refractivity contribution in [1.82, 2.24) is 4.90 Å². The van der Waals surface area contributed by atoms with Crippen molar-refractivity contribution in [2.75, 3.05) is 18.5 Å². The highest BCUT2D eigenvalue weighted by molar-refractivity contribution is 6.21. The second-order valence-corrected chi connectivity index (χ2v) is 7.50. The van der Waals surface area contributed by atoms with E-state index in [0.717, 1.165) is 25.7 Å². The summed E-state index contributed by atoms with van der Waals surface area (Å²) in [6.45, 7) is 0.960. The van der Waals surface area contributed by atoms with Crippen LogP contribution < -0.4 is 5.32 Å². The lowest BCUT2D eigenvalue weighted by atomic mass is 10.1. The lowest BCUT2D eigenvalue weighted by molar-refractivity contribution is -0.116. The molecular weight excluding hydrogens is 368 g/mol. The highest BCUT2D eigenvalue weighted by atomic mass is 16.5. The number of hydrogen-bond acceptors (Lipinski definition) is 4. The Balaban J connectivity index is 1.35. The molecule has 2 aliphatic heterocycles. The largest absolute Gasteiger partial charge is 0.376 e. The van der Waals surface area contributed by atoms with Crippen LogP contribution in [-0.2, 0) is 16.0 Å². The smallest absolute Gasteiger partial charge is 0.261 e. The molecule has 0 bridgehead atoms. The van der Waals surface area contributed by atoms with Gasteiger partial charge in [-0.1, -0.05) is 30.3 Å². The predicted octanol–water partition coefficient (Wildman–Crippen LogP) is 3.42. The number of nitrogens with one attached hydrogen (secondary N) is 1. The molecule has 0 aromatic heterocycles. The molecule has 4 rings (SSSR count). The summed E-state index contributed by atoms with van der Waals surface area (Å²) >= 11 is 0. The molecule has 2 heterocycles. The zero-order valence-corrected chi connectivity index (χ0v) is 16.2. The summed E-state index contributed by atoms with van der Waals surface area (Å²) in [5.74, 6) is -0.712. The first-order valence-electron chi connectivity index (χ1n) is 10.1. The minimum atomic E-state index is -0.319. The Labute approximate surface area is 169 Å². The Bertz CT molecular complexity index is 920. The van der Waals surface area contributed by atoms with Crippen molar-refractivity contribution in [1.29, 1.82) is 0 Å². The molecule has 0 aliphatic carbocycles. The van der Waals surface area contributed by atoms with Gasteiger partial charge in [0.05, 0.1) is 23.8 Å². The fourth-order valence-electron chi connectivity index (χ4n) is 3.85. The van der Waals surface area contributed by atoms with E-state index in [9.17, 15) is 14.4 Å². The number of benzene rings is 2. The minimum Gasteiger partial charge on any atom is -0.376 e. The monoisotopic (exact) mass is 392 g/mol.